The maximum Gasteiger partial charge on any atom is 0.0406 e. The number of halogens is 1. The van der Waals surface area contributed by atoms with Gasteiger partial charge in [-0.05, 0) is 36.1 Å². The van der Waals surface area contributed by atoms with Gasteiger partial charge in [-0.25, -0.2) is 0 Å². The van der Waals surface area contributed by atoms with Crippen LogP contribution >= 0.6 is 11.6 Å². The van der Waals surface area contributed by atoms with Crippen LogP contribution in [0.4, 0.5) is 0 Å². The van der Waals surface area contributed by atoms with Gasteiger partial charge in [0.15, 0.2) is 0 Å². The van der Waals surface area contributed by atoms with Crippen LogP contribution in [0.5, 0.6) is 0 Å². The van der Waals surface area contributed by atoms with E-state index in [0.29, 0.717) is 6.54 Å². The molecule has 0 aliphatic heterocycles. The van der Waals surface area contributed by atoms with Crippen LogP contribution in [0.1, 0.15) is 31.9 Å². The highest BCUT2D eigenvalue weighted by molar-refractivity contribution is 6.30. The van der Waals surface area contributed by atoms with Crippen LogP contribution in [0.15, 0.2) is 24.3 Å². The Morgan fingerprint density at radius 2 is 1.80 bits per heavy atom. The number of rotatable bonds is 4. The maximum atomic E-state index is 6.21. The highest BCUT2D eigenvalue weighted by Crippen LogP contribution is 2.34. The Kier molecular flexibility index (Phi) is 4.14. The van der Waals surface area contributed by atoms with E-state index in [1.165, 1.54) is 0 Å². The monoisotopic (exact) mass is 226 g/mol. The SMILES string of the molecule is CC(C)(CCN)C(N)c1ccc(Cl)cc1. The van der Waals surface area contributed by atoms with E-state index in [0.717, 1.165) is 17.0 Å². The lowest BCUT2D eigenvalue weighted by Gasteiger charge is -2.31. The van der Waals surface area contributed by atoms with Crippen molar-refractivity contribution in [1.82, 2.24) is 0 Å². The summed E-state index contributed by atoms with van der Waals surface area (Å²) in [6.45, 7) is 4.94. The fraction of sp³-hybridized carbons (Fsp3) is 0.500. The van der Waals surface area contributed by atoms with Gasteiger partial charge >= 0.3 is 0 Å². The van der Waals surface area contributed by atoms with E-state index < -0.39 is 0 Å². The molecule has 0 radical (unpaired) electrons. The molecule has 1 rings (SSSR count). The molecule has 1 aromatic rings. The Morgan fingerprint density at radius 1 is 1.27 bits per heavy atom. The Labute approximate surface area is 96.6 Å². The minimum atomic E-state index is -0.00156. The van der Waals surface area contributed by atoms with Gasteiger partial charge in [0.05, 0.1) is 0 Å². The van der Waals surface area contributed by atoms with Crippen molar-refractivity contribution in [2.75, 3.05) is 6.54 Å². The molecule has 0 saturated carbocycles. The van der Waals surface area contributed by atoms with Crippen molar-refractivity contribution in [3.63, 3.8) is 0 Å². The van der Waals surface area contributed by atoms with E-state index in [4.69, 9.17) is 23.1 Å². The van der Waals surface area contributed by atoms with Crippen LogP contribution in [0, 0.1) is 5.41 Å². The van der Waals surface area contributed by atoms with Gasteiger partial charge < -0.3 is 11.5 Å². The lowest BCUT2D eigenvalue weighted by atomic mass is 9.78. The van der Waals surface area contributed by atoms with Crippen molar-refractivity contribution < 1.29 is 0 Å². The maximum absolute atomic E-state index is 6.21. The standard InChI is InChI=1S/C12H19ClN2/c1-12(2,7-8-14)11(15)9-3-5-10(13)6-4-9/h3-6,11H,7-8,14-15H2,1-2H3. The van der Waals surface area contributed by atoms with Crippen LogP contribution in [-0.4, -0.2) is 6.54 Å². The van der Waals surface area contributed by atoms with Crippen LogP contribution in [0.25, 0.3) is 0 Å². The normalized spacial score (nSPS) is 13.9. The molecule has 0 amide bonds. The van der Waals surface area contributed by atoms with E-state index in [9.17, 15) is 0 Å². The number of hydrogen-bond acceptors (Lipinski definition) is 2. The van der Waals surface area contributed by atoms with Crippen molar-refractivity contribution >= 4 is 11.6 Å². The van der Waals surface area contributed by atoms with Crippen molar-refractivity contribution in [2.45, 2.75) is 26.3 Å². The molecule has 1 unspecified atom stereocenters. The lowest BCUT2D eigenvalue weighted by Crippen LogP contribution is -2.31. The minimum absolute atomic E-state index is 0.00156. The van der Waals surface area contributed by atoms with Gasteiger partial charge in [0.2, 0.25) is 0 Å². The summed E-state index contributed by atoms with van der Waals surface area (Å²) < 4.78 is 0. The van der Waals surface area contributed by atoms with Gasteiger partial charge in [-0.1, -0.05) is 37.6 Å². The molecule has 15 heavy (non-hydrogen) atoms. The second-order valence-corrected chi connectivity index (χ2v) is 4.99. The third kappa shape index (κ3) is 3.20. The smallest absolute Gasteiger partial charge is 0.0406 e. The molecule has 84 valence electrons. The summed E-state index contributed by atoms with van der Waals surface area (Å²) in [6, 6.07) is 7.69. The van der Waals surface area contributed by atoms with Gasteiger partial charge in [0.25, 0.3) is 0 Å². The largest absolute Gasteiger partial charge is 0.330 e. The van der Waals surface area contributed by atoms with Gasteiger partial charge in [-0.3, -0.25) is 0 Å². The van der Waals surface area contributed by atoms with Crippen molar-refractivity contribution in [3.8, 4) is 0 Å². The first-order valence-electron chi connectivity index (χ1n) is 5.18. The van der Waals surface area contributed by atoms with E-state index in [1.54, 1.807) is 0 Å². The second kappa shape index (κ2) is 4.97. The van der Waals surface area contributed by atoms with Gasteiger partial charge in [-0.2, -0.15) is 0 Å². The molecular formula is C12H19ClN2. The minimum Gasteiger partial charge on any atom is -0.330 e. The van der Waals surface area contributed by atoms with Gasteiger partial charge in [-0.15, -0.1) is 0 Å². The zero-order valence-electron chi connectivity index (χ0n) is 9.33. The summed E-state index contributed by atoms with van der Waals surface area (Å²) in [4.78, 5) is 0. The summed E-state index contributed by atoms with van der Waals surface area (Å²) in [5.74, 6) is 0. The first-order chi connectivity index (χ1) is 6.97. The Morgan fingerprint density at radius 3 is 2.27 bits per heavy atom. The van der Waals surface area contributed by atoms with Crippen LogP contribution in [-0.2, 0) is 0 Å². The molecule has 0 spiro atoms. The molecule has 0 heterocycles. The van der Waals surface area contributed by atoms with E-state index in [2.05, 4.69) is 13.8 Å². The topological polar surface area (TPSA) is 52.0 Å². The lowest BCUT2D eigenvalue weighted by molar-refractivity contribution is 0.271. The summed E-state index contributed by atoms with van der Waals surface area (Å²) in [5, 5.41) is 0.739. The third-order valence-corrected chi connectivity index (χ3v) is 3.11. The Bertz CT molecular complexity index is 306. The van der Waals surface area contributed by atoms with E-state index in [-0.39, 0.29) is 11.5 Å². The molecule has 0 saturated heterocycles. The molecule has 3 heteroatoms. The van der Waals surface area contributed by atoms with Crippen molar-refractivity contribution in [2.24, 2.45) is 16.9 Å². The van der Waals surface area contributed by atoms with Crippen molar-refractivity contribution in [1.29, 1.82) is 0 Å². The van der Waals surface area contributed by atoms with Gasteiger partial charge in [0, 0.05) is 11.1 Å². The molecule has 2 nitrogen and oxygen atoms in total. The molecule has 1 atom stereocenters. The fourth-order valence-electron chi connectivity index (χ4n) is 1.65. The van der Waals surface area contributed by atoms with E-state index in [1.807, 2.05) is 24.3 Å². The molecule has 0 fully saturated rings. The summed E-state index contributed by atoms with van der Waals surface area (Å²) in [6.07, 6.45) is 0.913. The van der Waals surface area contributed by atoms with E-state index >= 15 is 0 Å². The van der Waals surface area contributed by atoms with Crippen LogP contribution in [0.3, 0.4) is 0 Å². The summed E-state index contributed by atoms with van der Waals surface area (Å²) in [7, 11) is 0. The van der Waals surface area contributed by atoms with Crippen LogP contribution in [0.2, 0.25) is 5.02 Å². The first-order valence-corrected chi connectivity index (χ1v) is 5.56. The summed E-state index contributed by atoms with van der Waals surface area (Å²) >= 11 is 5.83. The zero-order valence-corrected chi connectivity index (χ0v) is 10.1. The Hall–Kier alpha value is -0.570. The molecule has 0 aliphatic carbocycles. The average Bonchev–Trinajstić information content (AvgIpc) is 2.18. The predicted molar refractivity (Wildman–Crippen MR) is 65.8 cm³/mol. The molecule has 1 aromatic carbocycles. The molecule has 0 aliphatic rings. The quantitative estimate of drug-likeness (QED) is 0.830. The molecule has 4 N–H and O–H groups in total. The van der Waals surface area contributed by atoms with Crippen molar-refractivity contribution in [3.05, 3.63) is 34.9 Å². The number of benzene rings is 1. The number of nitrogens with two attached hydrogens (primary N) is 2. The first kappa shape index (κ1) is 12.5. The zero-order chi connectivity index (χ0) is 11.5. The molecular weight excluding hydrogens is 208 g/mol. The molecule has 0 aromatic heterocycles. The Balaban J connectivity index is 2.84. The molecule has 0 bridgehead atoms. The predicted octanol–water partition coefficient (Wildman–Crippen LogP) is 2.71. The fourth-order valence-corrected chi connectivity index (χ4v) is 1.77. The van der Waals surface area contributed by atoms with Gasteiger partial charge in [0.1, 0.15) is 0 Å². The van der Waals surface area contributed by atoms with Crippen LogP contribution < -0.4 is 11.5 Å². The number of hydrogen-bond donors (Lipinski definition) is 2. The highest BCUT2D eigenvalue weighted by atomic mass is 35.5. The summed E-state index contributed by atoms with van der Waals surface area (Å²) in [5.41, 5.74) is 12.9. The second-order valence-electron chi connectivity index (χ2n) is 4.56. The highest BCUT2D eigenvalue weighted by Gasteiger charge is 2.26. The third-order valence-electron chi connectivity index (χ3n) is 2.86. The average molecular weight is 227 g/mol.